The van der Waals surface area contributed by atoms with Crippen molar-refractivity contribution in [1.29, 1.82) is 0 Å². The summed E-state index contributed by atoms with van der Waals surface area (Å²) in [5.41, 5.74) is 0.748. The number of hydrogen-bond acceptors (Lipinski definition) is 5. The van der Waals surface area contributed by atoms with Gasteiger partial charge < -0.3 is 24.2 Å². The minimum Gasteiger partial charge on any atom is -0.493 e. The Balaban J connectivity index is 1.34. The third kappa shape index (κ3) is 5.20. The fraction of sp³-hybridized carbons (Fsp3) is 0.680. The highest BCUT2D eigenvalue weighted by atomic mass is 16.5. The number of anilines is 1. The van der Waals surface area contributed by atoms with Crippen LogP contribution in [-0.2, 0) is 9.59 Å². The van der Waals surface area contributed by atoms with E-state index in [0.29, 0.717) is 18.0 Å². The largest absolute Gasteiger partial charge is 0.493 e. The van der Waals surface area contributed by atoms with Crippen LogP contribution in [0.4, 0.5) is 5.69 Å². The molecule has 0 N–H and O–H groups in total. The van der Waals surface area contributed by atoms with Crippen molar-refractivity contribution in [2.24, 2.45) is 11.8 Å². The quantitative estimate of drug-likeness (QED) is 0.676. The van der Waals surface area contributed by atoms with Gasteiger partial charge in [0.2, 0.25) is 11.8 Å². The van der Waals surface area contributed by atoms with Gasteiger partial charge in [0.15, 0.2) is 11.5 Å². The van der Waals surface area contributed by atoms with Crippen LogP contribution in [0.15, 0.2) is 18.2 Å². The fourth-order valence-corrected chi connectivity index (χ4v) is 5.48. The van der Waals surface area contributed by atoms with E-state index in [9.17, 15) is 9.59 Å². The van der Waals surface area contributed by atoms with Crippen molar-refractivity contribution in [3.05, 3.63) is 18.2 Å². The summed E-state index contributed by atoms with van der Waals surface area (Å²) in [6.45, 7) is 5.18. The minimum absolute atomic E-state index is 0.00989. The van der Waals surface area contributed by atoms with Gasteiger partial charge in [0.1, 0.15) is 0 Å². The summed E-state index contributed by atoms with van der Waals surface area (Å²) in [5, 5.41) is 0. The van der Waals surface area contributed by atoms with Gasteiger partial charge in [-0.05, 0) is 43.9 Å². The minimum atomic E-state index is -0.277. The molecule has 0 aromatic heterocycles. The Bertz CT molecular complexity index is 808. The standard InChI is InChI=1S/C25H37N3O4/c1-31-22-10-9-21(16-23(22)32-2)28-18-20(15-24(28)29)25(30)27-12-6-11-26(13-14-27)17-19-7-4-3-5-8-19/h9-10,16,19-20H,3-8,11-15,17-18H2,1-2H3. The molecule has 2 amide bonds. The summed E-state index contributed by atoms with van der Waals surface area (Å²) in [6.07, 6.45) is 8.13. The molecule has 1 aromatic carbocycles. The molecule has 7 heteroatoms. The molecule has 3 fully saturated rings. The maximum absolute atomic E-state index is 13.3. The average molecular weight is 444 g/mol. The molecule has 3 aliphatic rings. The normalized spacial score (nSPS) is 23.3. The van der Waals surface area contributed by atoms with Crippen molar-refractivity contribution < 1.29 is 19.1 Å². The van der Waals surface area contributed by atoms with Crippen molar-refractivity contribution in [3.8, 4) is 11.5 Å². The fourth-order valence-electron chi connectivity index (χ4n) is 5.48. The Morgan fingerprint density at radius 1 is 0.969 bits per heavy atom. The maximum atomic E-state index is 13.3. The van der Waals surface area contributed by atoms with Gasteiger partial charge >= 0.3 is 0 Å². The van der Waals surface area contributed by atoms with E-state index in [2.05, 4.69) is 4.90 Å². The monoisotopic (exact) mass is 443 g/mol. The Labute approximate surface area is 191 Å². The first-order valence-electron chi connectivity index (χ1n) is 12.1. The van der Waals surface area contributed by atoms with E-state index in [4.69, 9.17) is 9.47 Å². The summed E-state index contributed by atoms with van der Waals surface area (Å²) < 4.78 is 10.7. The van der Waals surface area contributed by atoms with E-state index in [0.717, 1.165) is 44.2 Å². The molecule has 32 heavy (non-hydrogen) atoms. The molecule has 1 aliphatic carbocycles. The molecule has 7 nitrogen and oxygen atoms in total. The lowest BCUT2D eigenvalue weighted by Gasteiger charge is -2.29. The number of ether oxygens (including phenoxy) is 2. The molecule has 1 saturated carbocycles. The molecular weight excluding hydrogens is 406 g/mol. The van der Waals surface area contributed by atoms with Crippen molar-refractivity contribution in [2.45, 2.75) is 44.9 Å². The number of rotatable bonds is 6. The first kappa shape index (κ1) is 22.9. The molecule has 176 valence electrons. The highest BCUT2D eigenvalue weighted by molar-refractivity contribution is 6.00. The van der Waals surface area contributed by atoms with Crippen molar-refractivity contribution in [1.82, 2.24) is 9.80 Å². The van der Waals surface area contributed by atoms with Crippen LogP contribution in [-0.4, -0.2) is 75.1 Å². The van der Waals surface area contributed by atoms with Crippen LogP contribution < -0.4 is 14.4 Å². The summed E-state index contributed by atoms with van der Waals surface area (Å²) >= 11 is 0. The third-order valence-corrected chi connectivity index (χ3v) is 7.29. The van der Waals surface area contributed by atoms with E-state index >= 15 is 0 Å². The van der Waals surface area contributed by atoms with E-state index in [-0.39, 0.29) is 24.2 Å². The zero-order valence-electron chi connectivity index (χ0n) is 19.6. The predicted molar refractivity (Wildman–Crippen MR) is 124 cm³/mol. The van der Waals surface area contributed by atoms with Gasteiger partial charge in [-0.2, -0.15) is 0 Å². The number of carbonyl (C=O) groups is 2. The lowest BCUT2D eigenvalue weighted by atomic mass is 9.89. The Kier molecular flexibility index (Phi) is 7.55. The maximum Gasteiger partial charge on any atom is 0.228 e. The van der Waals surface area contributed by atoms with Gasteiger partial charge in [0, 0.05) is 50.9 Å². The molecular formula is C25H37N3O4. The molecule has 1 unspecified atom stereocenters. The zero-order valence-corrected chi connectivity index (χ0v) is 19.6. The van der Waals surface area contributed by atoms with E-state index in [1.165, 1.54) is 38.6 Å². The molecule has 1 aromatic rings. The molecule has 2 aliphatic heterocycles. The van der Waals surface area contributed by atoms with E-state index in [1.54, 1.807) is 31.3 Å². The van der Waals surface area contributed by atoms with Crippen molar-refractivity contribution in [2.75, 3.05) is 58.4 Å². The van der Waals surface area contributed by atoms with E-state index < -0.39 is 0 Å². The van der Waals surface area contributed by atoms with Crippen LogP contribution >= 0.6 is 0 Å². The van der Waals surface area contributed by atoms with Gasteiger partial charge in [-0.1, -0.05) is 19.3 Å². The molecule has 2 heterocycles. The number of methoxy groups -OCH3 is 2. The lowest BCUT2D eigenvalue weighted by molar-refractivity contribution is -0.135. The molecule has 0 bridgehead atoms. The smallest absolute Gasteiger partial charge is 0.228 e. The van der Waals surface area contributed by atoms with Crippen LogP contribution in [0.5, 0.6) is 11.5 Å². The second-order valence-electron chi connectivity index (χ2n) is 9.43. The number of carbonyl (C=O) groups excluding carboxylic acids is 2. The number of hydrogen-bond donors (Lipinski definition) is 0. The average Bonchev–Trinajstić information content (AvgIpc) is 3.06. The number of benzene rings is 1. The topological polar surface area (TPSA) is 62.3 Å². The number of amides is 2. The van der Waals surface area contributed by atoms with Crippen LogP contribution in [0, 0.1) is 11.8 Å². The van der Waals surface area contributed by atoms with Gasteiger partial charge in [0.25, 0.3) is 0 Å². The molecule has 1 atom stereocenters. The van der Waals surface area contributed by atoms with Crippen molar-refractivity contribution in [3.63, 3.8) is 0 Å². The lowest BCUT2D eigenvalue weighted by Crippen LogP contribution is -2.40. The summed E-state index contributed by atoms with van der Waals surface area (Å²) in [5.74, 6) is 1.87. The summed E-state index contributed by atoms with van der Waals surface area (Å²) in [4.78, 5) is 32.3. The molecule has 0 spiro atoms. The second-order valence-corrected chi connectivity index (χ2v) is 9.43. The Hall–Kier alpha value is -2.28. The Morgan fingerprint density at radius 3 is 2.50 bits per heavy atom. The highest BCUT2D eigenvalue weighted by Crippen LogP contribution is 2.34. The van der Waals surface area contributed by atoms with Gasteiger partial charge in [-0.3, -0.25) is 9.59 Å². The highest BCUT2D eigenvalue weighted by Gasteiger charge is 2.38. The first-order valence-corrected chi connectivity index (χ1v) is 12.1. The SMILES string of the molecule is COc1ccc(N2CC(C(=O)N3CCCN(CC4CCCCC4)CC3)CC2=O)cc1OC. The van der Waals surface area contributed by atoms with Gasteiger partial charge in [-0.15, -0.1) is 0 Å². The Morgan fingerprint density at radius 2 is 1.75 bits per heavy atom. The summed E-state index contributed by atoms with van der Waals surface area (Å²) in [7, 11) is 3.17. The zero-order chi connectivity index (χ0) is 22.5. The van der Waals surface area contributed by atoms with Crippen LogP contribution in [0.3, 0.4) is 0 Å². The molecule has 2 saturated heterocycles. The summed E-state index contributed by atoms with van der Waals surface area (Å²) in [6, 6.07) is 5.45. The number of nitrogens with zero attached hydrogens (tertiary/aromatic N) is 3. The first-order chi connectivity index (χ1) is 15.6. The van der Waals surface area contributed by atoms with Crippen LogP contribution in [0.25, 0.3) is 0 Å². The van der Waals surface area contributed by atoms with E-state index in [1.807, 2.05) is 11.0 Å². The van der Waals surface area contributed by atoms with Crippen LogP contribution in [0.1, 0.15) is 44.9 Å². The predicted octanol–water partition coefficient (Wildman–Crippen LogP) is 3.17. The van der Waals surface area contributed by atoms with Gasteiger partial charge in [-0.25, -0.2) is 0 Å². The van der Waals surface area contributed by atoms with Crippen molar-refractivity contribution >= 4 is 17.5 Å². The second kappa shape index (κ2) is 10.6. The molecule has 0 radical (unpaired) electrons. The van der Waals surface area contributed by atoms with Gasteiger partial charge in [0.05, 0.1) is 20.1 Å². The third-order valence-electron chi connectivity index (χ3n) is 7.29. The van der Waals surface area contributed by atoms with Crippen LogP contribution in [0.2, 0.25) is 0 Å². The molecule has 4 rings (SSSR count).